The maximum Gasteiger partial charge on any atom is 0.131 e. The Morgan fingerprint density at radius 3 is 2.45 bits per heavy atom. The fourth-order valence-electron chi connectivity index (χ4n) is 2.17. The first-order chi connectivity index (χ1) is 9.54. The zero-order valence-electron chi connectivity index (χ0n) is 13.5. The van der Waals surface area contributed by atoms with E-state index in [1.807, 2.05) is 6.20 Å². The molecular formula is C16H28ClN3. The Labute approximate surface area is 128 Å². The number of rotatable bonds is 8. The van der Waals surface area contributed by atoms with Crippen LogP contribution in [0.4, 0.5) is 5.69 Å². The molecule has 0 amide bonds. The van der Waals surface area contributed by atoms with Crippen molar-refractivity contribution in [2.24, 2.45) is 0 Å². The Balaban J connectivity index is 3.11. The summed E-state index contributed by atoms with van der Waals surface area (Å²) >= 11 is 6.12. The Kier molecular flexibility index (Phi) is 7.28. The molecule has 20 heavy (non-hydrogen) atoms. The number of alkyl halides is 1. The van der Waals surface area contributed by atoms with Crippen LogP contribution in [0.2, 0.25) is 0 Å². The first-order valence-electron chi connectivity index (χ1n) is 7.73. The second-order valence-electron chi connectivity index (χ2n) is 5.65. The van der Waals surface area contributed by atoms with Gasteiger partial charge in [-0.15, -0.1) is 11.6 Å². The molecule has 0 bridgehead atoms. The van der Waals surface area contributed by atoms with Gasteiger partial charge in [0.1, 0.15) is 5.82 Å². The Hall–Kier alpha value is -0.830. The van der Waals surface area contributed by atoms with Gasteiger partial charge in [-0.3, -0.25) is 0 Å². The second kappa shape index (κ2) is 8.46. The van der Waals surface area contributed by atoms with Gasteiger partial charge in [0.2, 0.25) is 0 Å². The van der Waals surface area contributed by atoms with Crippen molar-refractivity contribution in [3.8, 4) is 0 Å². The van der Waals surface area contributed by atoms with Gasteiger partial charge in [-0.05, 0) is 19.8 Å². The summed E-state index contributed by atoms with van der Waals surface area (Å²) < 4.78 is 0. The molecule has 0 fully saturated rings. The van der Waals surface area contributed by atoms with Crippen molar-refractivity contribution in [1.29, 1.82) is 0 Å². The van der Waals surface area contributed by atoms with Crippen LogP contribution in [0.25, 0.3) is 0 Å². The molecule has 0 aliphatic carbocycles. The van der Waals surface area contributed by atoms with Crippen LogP contribution in [0.15, 0.2) is 6.20 Å². The number of aromatic nitrogens is 2. The van der Waals surface area contributed by atoms with Crippen molar-refractivity contribution in [2.45, 2.75) is 71.7 Å². The summed E-state index contributed by atoms with van der Waals surface area (Å²) in [6.07, 6.45) is 5.44. The van der Waals surface area contributed by atoms with E-state index in [9.17, 15) is 0 Å². The smallest absolute Gasteiger partial charge is 0.131 e. The third kappa shape index (κ3) is 4.34. The minimum absolute atomic E-state index is 0.332. The first-order valence-corrected chi connectivity index (χ1v) is 8.26. The Morgan fingerprint density at radius 1 is 1.25 bits per heavy atom. The lowest BCUT2D eigenvalue weighted by atomic mass is 10.1. The van der Waals surface area contributed by atoms with Gasteiger partial charge in [0.05, 0.1) is 23.5 Å². The van der Waals surface area contributed by atoms with Crippen LogP contribution in [0, 0.1) is 0 Å². The van der Waals surface area contributed by atoms with E-state index >= 15 is 0 Å². The standard InChI is InChI=1S/C16H28ClN3/c1-6-8-9-20(13(5)7-2)15-11-18-16(12(3)4)19-14(15)10-17/h11-13H,6-10H2,1-5H3. The number of nitrogens with zero attached hydrogens (tertiary/aromatic N) is 3. The third-order valence-corrected chi connectivity index (χ3v) is 3.95. The SMILES string of the molecule is CCCCN(c1cnc(C(C)C)nc1CCl)C(C)CC. The molecule has 1 unspecified atom stereocenters. The molecule has 1 aromatic heterocycles. The van der Waals surface area contributed by atoms with Crippen molar-refractivity contribution in [2.75, 3.05) is 11.4 Å². The van der Waals surface area contributed by atoms with Crippen LogP contribution < -0.4 is 4.90 Å². The molecule has 0 saturated heterocycles. The summed E-state index contributed by atoms with van der Waals surface area (Å²) in [5.74, 6) is 1.65. The normalized spacial score (nSPS) is 12.8. The van der Waals surface area contributed by atoms with E-state index in [4.69, 9.17) is 11.6 Å². The molecule has 1 atom stereocenters. The van der Waals surface area contributed by atoms with Crippen LogP contribution >= 0.6 is 11.6 Å². The highest BCUT2D eigenvalue weighted by Crippen LogP contribution is 2.25. The van der Waals surface area contributed by atoms with Gasteiger partial charge in [-0.25, -0.2) is 9.97 Å². The molecule has 0 N–H and O–H groups in total. The average Bonchev–Trinajstić information content (AvgIpc) is 2.47. The summed E-state index contributed by atoms with van der Waals surface area (Å²) in [6.45, 7) is 11.9. The number of halogens is 1. The molecule has 1 heterocycles. The van der Waals surface area contributed by atoms with Crippen LogP contribution in [0.1, 0.15) is 71.3 Å². The number of anilines is 1. The van der Waals surface area contributed by atoms with E-state index in [0.29, 0.717) is 17.8 Å². The van der Waals surface area contributed by atoms with Crippen molar-refractivity contribution in [1.82, 2.24) is 9.97 Å². The molecule has 1 aromatic rings. The van der Waals surface area contributed by atoms with E-state index in [-0.39, 0.29) is 0 Å². The molecule has 4 heteroatoms. The Bertz CT molecular complexity index is 407. The van der Waals surface area contributed by atoms with Gasteiger partial charge >= 0.3 is 0 Å². The van der Waals surface area contributed by atoms with E-state index < -0.39 is 0 Å². The van der Waals surface area contributed by atoms with Crippen molar-refractivity contribution in [3.63, 3.8) is 0 Å². The van der Waals surface area contributed by atoms with Gasteiger partial charge < -0.3 is 4.90 Å². The van der Waals surface area contributed by atoms with E-state index in [1.165, 1.54) is 12.8 Å². The minimum Gasteiger partial charge on any atom is -0.366 e. The minimum atomic E-state index is 0.332. The van der Waals surface area contributed by atoms with Gasteiger partial charge in [-0.2, -0.15) is 0 Å². The van der Waals surface area contributed by atoms with Crippen LogP contribution in [0.3, 0.4) is 0 Å². The molecule has 114 valence electrons. The summed E-state index contributed by atoms with van der Waals surface area (Å²) in [6, 6.07) is 0.483. The van der Waals surface area contributed by atoms with E-state index in [0.717, 1.165) is 30.2 Å². The van der Waals surface area contributed by atoms with Gasteiger partial charge in [-0.1, -0.05) is 34.1 Å². The molecule has 0 aliphatic heterocycles. The van der Waals surface area contributed by atoms with Gasteiger partial charge in [0.25, 0.3) is 0 Å². The molecule has 1 rings (SSSR count). The summed E-state index contributed by atoms with van der Waals surface area (Å²) in [5.41, 5.74) is 2.06. The first kappa shape index (κ1) is 17.2. The maximum absolute atomic E-state index is 6.12. The lowest BCUT2D eigenvalue weighted by molar-refractivity contribution is 0.590. The van der Waals surface area contributed by atoms with Crippen molar-refractivity contribution >= 4 is 17.3 Å². The quantitative estimate of drug-likeness (QED) is 0.649. The van der Waals surface area contributed by atoms with Crippen LogP contribution in [-0.4, -0.2) is 22.6 Å². The highest BCUT2D eigenvalue weighted by Gasteiger charge is 2.18. The zero-order chi connectivity index (χ0) is 15.1. The summed E-state index contributed by atoms with van der Waals surface area (Å²) in [4.78, 5) is 11.6. The predicted molar refractivity (Wildman–Crippen MR) is 87.7 cm³/mol. The summed E-state index contributed by atoms with van der Waals surface area (Å²) in [7, 11) is 0. The van der Waals surface area contributed by atoms with Crippen LogP contribution in [-0.2, 0) is 5.88 Å². The fraction of sp³-hybridized carbons (Fsp3) is 0.750. The predicted octanol–water partition coefficient (Wildman–Crippen LogP) is 4.74. The molecule has 0 aliphatic rings. The molecular weight excluding hydrogens is 270 g/mol. The molecule has 0 saturated carbocycles. The van der Waals surface area contributed by atoms with Crippen molar-refractivity contribution in [3.05, 3.63) is 17.7 Å². The van der Waals surface area contributed by atoms with Gasteiger partial charge in [0.15, 0.2) is 0 Å². The topological polar surface area (TPSA) is 29.0 Å². The van der Waals surface area contributed by atoms with Crippen LogP contribution in [0.5, 0.6) is 0 Å². The average molecular weight is 298 g/mol. The lowest BCUT2D eigenvalue weighted by Crippen LogP contribution is -2.34. The largest absolute Gasteiger partial charge is 0.366 e. The monoisotopic (exact) mass is 297 g/mol. The zero-order valence-corrected chi connectivity index (χ0v) is 14.2. The molecule has 3 nitrogen and oxygen atoms in total. The van der Waals surface area contributed by atoms with E-state index in [2.05, 4.69) is 49.5 Å². The third-order valence-electron chi connectivity index (χ3n) is 3.69. The number of unbranched alkanes of at least 4 members (excludes halogenated alkanes) is 1. The number of hydrogen-bond donors (Lipinski definition) is 0. The molecule has 0 radical (unpaired) electrons. The fourth-order valence-corrected chi connectivity index (χ4v) is 2.37. The molecule has 0 aromatic carbocycles. The second-order valence-corrected chi connectivity index (χ2v) is 5.92. The highest BCUT2D eigenvalue weighted by molar-refractivity contribution is 6.17. The van der Waals surface area contributed by atoms with Crippen molar-refractivity contribution < 1.29 is 0 Å². The molecule has 0 spiro atoms. The lowest BCUT2D eigenvalue weighted by Gasteiger charge is -2.31. The van der Waals surface area contributed by atoms with E-state index in [1.54, 1.807) is 0 Å². The maximum atomic E-state index is 6.12. The highest BCUT2D eigenvalue weighted by atomic mass is 35.5. The Morgan fingerprint density at radius 2 is 1.95 bits per heavy atom. The number of hydrogen-bond acceptors (Lipinski definition) is 3. The van der Waals surface area contributed by atoms with Gasteiger partial charge in [0, 0.05) is 18.5 Å². The summed E-state index contributed by atoms with van der Waals surface area (Å²) in [5, 5.41) is 0.